The summed E-state index contributed by atoms with van der Waals surface area (Å²) in [4.78, 5) is 14.9. The molecule has 0 saturated heterocycles. The smallest absolute Gasteiger partial charge is 0.264 e. The van der Waals surface area contributed by atoms with Crippen molar-refractivity contribution >= 4 is 40.6 Å². The Labute approximate surface area is 135 Å². The van der Waals surface area contributed by atoms with E-state index in [4.69, 9.17) is 33.9 Å². The number of rotatable bonds is 3. The van der Waals surface area contributed by atoms with Crippen LogP contribution in [0.15, 0.2) is 18.2 Å². The van der Waals surface area contributed by atoms with E-state index in [1.54, 1.807) is 56.2 Å². The van der Waals surface area contributed by atoms with Gasteiger partial charge in [-0.05, 0) is 43.5 Å². The Morgan fingerprint density at radius 1 is 0.905 bits per heavy atom. The van der Waals surface area contributed by atoms with E-state index in [1.807, 2.05) is 0 Å². The van der Waals surface area contributed by atoms with E-state index < -0.39 is 0 Å². The Hall–Kier alpha value is -1.73. The van der Waals surface area contributed by atoms with Gasteiger partial charge in [0.15, 0.2) is 5.78 Å². The molecule has 0 heterocycles. The highest BCUT2D eigenvalue weighted by Crippen LogP contribution is 2.24. The molecule has 1 aromatic carbocycles. The molecule has 0 fully saturated rings. The Bertz CT molecular complexity index is 531. The maximum atomic E-state index is 11.6. The predicted molar refractivity (Wildman–Crippen MR) is 90.3 cm³/mol. The SMILES string of the molecule is CC(=O)c1cc(OC(=S)N(C)C)cc(OC(=S)N(C)C)c1. The first-order chi connectivity index (χ1) is 9.70. The van der Waals surface area contributed by atoms with Gasteiger partial charge in [0.2, 0.25) is 0 Å². The summed E-state index contributed by atoms with van der Waals surface area (Å²) in [6.07, 6.45) is 0. The first-order valence-electron chi connectivity index (χ1n) is 6.15. The molecule has 0 spiro atoms. The van der Waals surface area contributed by atoms with E-state index in [0.717, 1.165) is 0 Å². The molecule has 0 bridgehead atoms. The molecule has 0 aliphatic heterocycles. The number of ether oxygens (including phenoxy) is 2. The molecule has 114 valence electrons. The second kappa shape index (κ2) is 7.33. The minimum absolute atomic E-state index is 0.100. The number of hydrogen-bond acceptors (Lipinski definition) is 5. The van der Waals surface area contributed by atoms with Gasteiger partial charge in [-0.3, -0.25) is 4.79 Å². The minimum Gasteiger partial charge on any atom is -0.432 e. The van der Waals surface area contributed by atoms with Crippen molar-refractivity contribution in [2.45, 2.75) is 6.92 Å². The Morgan fingerprint density at radius 3 is 1.57 bits per heavy atom. The molecule has 0 aromatic heterocycles. The fourth-order valence-corrected chi connectivity index (χ4v) is 1.47. The minimum atomic E-state index is -0.100. The molecule has 1 aromatic rings. The number of ketones is 1. The largest absolute Gasteiger partial charge is 0.432 e. The van der Waals surface area contributed by atoms with Crippen molar-refractivity contribution in [3.8, 4) is 11.5 Å². The summed E-state index contributed by atoms with van der Waals surface area (Å²) in [5.74, 6) is 0.757. The Kier molecular flexibility index (Phi) is 6.04. The highest BCUT2D eigenvalue weighted by molar-refractivity contribution is 7.80. The van der Waals surface area contributed by atoms with Gasteiger partial charge in [0.1, 0.15) is 11.5 Å². The van der Waals surface area contributed by atoms with Crippen LogP contribution in [-0.2, 0) is 0 Å². The lowest BCUT2D eigenvalue weighted by Gasteiger charge is -2.17. The summed E-state index contributed by atoms with van der Waals surface area (Å²) in [7, 11) is 7.09. The number of nitrogens with zero attached hydrogens (tertiary/aromatic N) is 2. The third-order valence-corrected chi connectivity index (χ3v) is 3.32. The standard InChI is InChI=1S/C14H18N2O3S2/c1-9(17)10-6-11(18-13(20)15(2)3)8-12(7-10)19-14(21)16(4)5/h6-8H,1-5H3. The zero-order valence-electron chi connectivity index (χ0n) is 12.7. The quantitative estimate of drug-likeness (QED) is 0.624. The summed E-state index contributed by atoms with van der Waals surface area (Å²) >= 11 is 10.2. The van der Waals surface area contributed by atoms with Crippen LogP contribution in [-0.4, -0.2) is 54.1 Å². The van der Waals surface area contributed by atoms with Gasteiger partial charge < -0.3 is 19.3 Å². The van der Waals surface area contributed by atoms with E-state index in [-0.39, 0.29) is 16.1 Å². The van der Waals surface area contributed by atoms with Crippen LogP contribution in [0.5, 0.6) is 11.5 Å². The van der Waals surface area contributed by atoms with Crippen LogP contribution in [0, 0.1) is 0 Å². The van der Waals surface area contributed by atoms with Gasteiger partial charge >= 0.3 is 0 Å². The van der Waals surface area contributed by atoms with Gasteiger partial charge in [-0.2, -0.15) is 0 Å². The Balaban J connectivity index is 3.08. The summed E-state index contributed by atoms with van der Waals surface area (Å²) < 4.78 is 11.0. The number of thiocarbonyl (C=S) groups is 2. The third kappa shape index (κ3) is 5.28. The first-order valence-corrected chi connectivity index (χ1v) is 6.96. The molecule has 5 nitrogen and oxygen atoms in total. The third-order valence-electron chi connectivity index (χ3n) is 2.43. The molecule has 0 amide bonds. The van der Waals surface area contributed by atoms with E-state index in [1.165, 1.54) is 6.92 Å². The van der Waals surface area contributed by atoms with Crippen molar-refractivity contribution in [1.29, 1.82) is 0 Å². The summed E-state index contributed by atoms with van der Waals surface area (Å²) in [5, 5.41) is 0.577. The van der Waals surface area contributed by atoms with Crippen LogP contribution in [0.4, 0.5) is 0 Å². The van der Waals surface area contributed by atoms with Crippen molar-refractivity contribution in [2.75, 3.05) is 28.2 Å². The second-order valence-electron chi connectivity index (χ2n) is 4.77. The number of Topliss-reactive ketones (excluding diaryl/α,β-unsaturated/α-hetero) is 1. The lowest BCUT2D eigenvalue weighted by molar-refractivity contribution is 0.101. The zero-order valence-corrected chi connectivity index (χ0v) is 14.3. The number of benzene rings is 1. The van der Waals surface area contributed by atoms with Crippen LogP contribution in [0.25, 0.3) is 0 Å². The van der Waals surface area contributed by atoms with Crippen LogP contribution in [0.1, 0.15) is 17.3 Å². The fourth-order valence-electron chi connectivity index (χ4n) is 1.28. The molecular weight excluding hydrogens is 308 g/mol. The second-order valence-corrected chi connectivity index (χ2v) is 5.47. The predicted octanol–water partition coefficient (Wildman–Crippen LogP) is 2.34. The average Bonchev–Trinajstić information content (AvgIpc) is 2.37. The van der Waals surface area contributed by atoms with Crippen molar-refractivity contribution in [3.05, 3.63) is 23.8 Å². The average molecular weight is 326 g/mol. The van der Waals surface area contributed by atoms with E-state index in [2.05, 4.69) is 0 Å². The summed E-state index contributed by atoms with van der Waals surface area (Å²) in [6, 6.07) is 4.87. The maximum Gasteiger partial charge on any atom is 0.264 e. The van der Waals surface area contributed by atoms with Crippen LogP contribution in [0.3, 0.4) is 0 Å². The number of carbonyl (C=O) groups is 1. The lowest BCUT2D eigenvalue weighted by Crippen LogP contribution is -2.26. The number of carbonyl (C=O) groups excluding carboxylic acids is 1. The fraction of sp³-hybridized carbons (Fsp3) is 0.357. The topological polar surface area (TPSA) is 42.0 Å². The van der Waals surface area contributed by atoms with Gasteiger partial charge in [-0.1, -0.05) is 0 Å². The van der Waals surface area contributed by atoms with Gasteiger partial charge in [0.25, 0.3) is 10.3 Å². The molecule has 0 aliphatic rings. The van der Waals surface area contributed by atoms with Gasteiger partial charge in [0, 0.05) is 39.8 Å². The summed E-state index contributed by atoms with van der Waals surface area (Å²) in [5.41, 5.74) is 0.464. The van der Waals surface area contributed by atoms with Crippen LogP contribution >= 0.6 is 24.4 Å². The maximum absolute atomic E-state index is 11.6. The Morgan fingerprint density at radius 2 is 1.29 bits per heavy atom. The molecule has 0 atom stereocenters. The molecule has 0 unspecified atom stereocenters. The van der Waals surface area contributed by atoms with Crippen molar-refractivity contribution in [1.82, 2.24) is 9.80 Å². The first kappa shape index (κ1) is 17.3. The lowest BCUT2D eigenvalue weighted by atomic mass is 10.1. The molecule has 1 rings (SSSR count). The van der Waals surface area contributed by atoms with E-state index >= 15 is 0 Å². The van der Waals surface area contributed by atoms with Gasteiger partial charge in [-0.15, -0.1) is 0 Å². The van der Waals surface area contributed by atoms with Crippen LogP contribution < -0.4 is 9.47 Å². The highest BCUT2D eigenvalue weighted by Gasteiger charge is 2.11. The van der Waals surface area contributed by atoms with Gasteiger partial charge in [-0.25, -0.2) is 0 Å². The normalized spacial score (nSPS) is 9.76. The highest BCUT2D eigenvalue weighted by atomic mass is 32.1. The van der Waals surface area contributed by atoms with E-state index in [0.29, 0.717) is 17.1 Å². The van der Waals surface area contributed by atoms with Crippen molar-refractivity contribution in [3.63, 3.8) is 0 Å². The molecule has 0 radical (unpaired) electrons. The molecule has 0 saturated carbocycles. The zero-order chi connectivity index (χ0) is 16.2. The van der Waals surface area contributed by atoms with Crippen molar-refractivity contribution < 1.29 is 14.3 Å². The number of hydrogen-bond donors (Lipinski definition) is 0. The van der Waals surface area contributed by atoms with Crippen LogP contribution in [0.2, 0.25) is 0 Å². The van der Waals surface area contributed by atoms with Gasteiger partial charge in [0.05, 0.1) is 0 Å². The molecule has 7 heteroatoms. The van der Waals surface area contributed by atoms with E-state index in [9.17, 15) is 4.79 Å². The summed E-state index contributed by atoms with van der Waals surface area (Å²) in [6.45, 7) is 1.47. The monoisotopic (exact) mass is 326 g/mol. The molecule has 0 aliphatic carbocycles. The molecule has 21 heavy (non-hydrogen) atoms. The molecular formula is C14H18N2O3S2. The molecule has 0 N–H and O–H groups in total. The van der Waals surface area contributed by atoms with Crippen molar-refractivity contribution in [2.24, 2.45) is 0 Å².